The van der Waals surface area contributed by atoms with E-state index in [0.717, 1.165) is 43.1 Å². The van der Waals surface area contributed by atoms with E-state index < -0.39 is 88.8 Å². The number of phenolic OH excluding ortho intramolecular Hbond substituents is 3. The normalized spacial score (nSPS) is 30.6. The van der Waals surface area contributed by atoms with Crippen molar-refractivity contribution in [2.45, 2.75) is 130 Å². The molecule has 3 aromatic carbocycles. The van der Waals surface area contributed by atoms with Crippen molar-refractivity contribution in [2.75, 3.05) is 18.2 Å². The molecule has 3 aliphatic heterocycles. The molecular formula is C50H57N3O14. The number of amides is 1. The number of phenols is 3. The Labute approximate surface area is 386 Å². The lowest BCUT2D eigenvalue weighted by atomic mass is 9.55. The van der Waals surface area contributed by atoms with Gasteiger partial charge < -0.3 is 60.5 Å². The number of ether oxygens (including phenoxy) is 2. The number of rotatable bonds is 13. The minimum absolute atomic E-state index is 0.000895. The van der Waals surface area contributed by atoms with Crippen LogP contribution in [0.1, 0.15) is 98.8 Å². The van der Waals surface area contributed by atoms with Crippen molar-refractivity contribution < 1.29 is 70.1 Å². The molecule has 0 aromatic heterocycles. The lowest BCUT2D eigenvalue weighted by molar-refractivity contribution is -0.422. The van der Waals surface area contributed by atoms with Crippen LogP contribution in [0.4, 0.5) is 5.69 Å². The van der Waals surface area contributed by atoms with E-state index in [9.17, 15) is 55.9 Å². The Kier molecular flexibility index (Phi) is 12.3. The zero-order valence-electron chi connectivity index (χ0n) is 36.8. The molecule has 3 fully saturated rings. The summed E-state index contributed by atoms with van der Waals surface area (Å²) >= 11 is 0. The van der Waals surface area contributed by atoms with Crippen LogP contribution in [-0.2, 0) is 26.2 Å². The number of aliphatic hydroxyl groups excluding tert-OH is 4. The maximum Gasteiger partial charge on any atom is 0.355 e. The number of allylic oxidation sites excluding steroid dienone is 1. The molecule has 0 bridgehead atoms. The van der Waals surface area contributed by atoms with Crippen molar-refractivity contribution in [3.63, 3.8) is 0 Å². The first-order valence-corrected chi connectivity index (χ1v) is 23.0. The van der Waals surface area contributed by atoms with E-state index in [-0.39, 0.29) is 42.3 Å². The number of carboxylic acids is 1. The summed E-state index contributed by atoms with van der Waals surface area (Å²) in [5.41, 5.74) is -0.951. The first-order valence-electron chi connectivity index (χ1n) is 23.0. The Morgan fingerprint density at radius 3 is 2.28 bits per heavy atom. The van der Waals surface area contributed by atoms with Crippen molar-refractivity contribution in [3.05, 3.63) is 94.6 Å². The molecule has 2 saturated carbocycles. The van der Waals surface area contributed by atoms with Crippen LogP contribution in [0.15, 0.2) is 82.3 Å². The Bertz CT molecular complexity index is 2540. The van der Waals surface area contributed by atoms with Gasteiger partial charge in [-0.25, -0.2) is 4.79 Å². The third-order valence-electron chi connectivity index (χ3n) is 15.1. The van der Waals surface area contributed by atoms with Crippen LogP contribution in [0.3, 0.4) is 0 Å². The SMILES string of the molecule is O=C(C=Cc1ccc(O)c(CC2=NCN=C2)c1)N1c2cc(OC3(O)OC(CO)C(O)C(O)C3O)c(O)cc2C2C(C3(c4ccccc4O)CCCCC3)C(CCC3(O)CCCC3)=CC21C(=O)O. The fourth-order valence-corrected chi connectivity index (χ4v) is 11.9. The van der Waals surface area contributed by atoms with E-state index in [0.29, 0.717) is 60.1 Å². The number of hydrogen-bond donors (Lipinski definition) is 10. The van der Waals surface area contributed by atoms with Gasteiger partial charge in [-0.2, -0.15) is 0 Å². The topological polar surface area (TPSA) is 283 Å². The number of carbonyl (C=O) groups is 2. The van der Waals surface area contributed by atoms with Crippen LogP contribution in [0.2, 0.25) is 0 Å². The maximum absolute atomic E-state index is 15.2. The van der Waals surface area contributed by atoms with Gasteiger partial charge in [0.1, 0.15) is 36.5 Å². The van der Waals surface area contributed by atoms with Crippen LogP contribution >= 0.6 is 0 Å². The maximum atomic E-state index is 15.2. The van der Waals surface area contributed by atoms with Gasteiger partial charge in [0.2, 0.25) is 0 Å². The van der Waals surface area contributed by atoms with Crippen LogP contribution in [-0.4, -0.2) is 130 Å². The van der Waals surface area contributed by atoms with E-state index in [2.05, 4.69) is 9.98 Å². The number of aliphatic carboxylic acids is 1. The number of hydrogen-bond acceptors (Lipinski definition) is 15. The average Bonchev–Trinajstić information content (AvgIpc) is 4.12. The van der Waals surface area contributed by atoms with Gasteiger partial charge in [-0.1, -0.05) is 61.9 Å². The second-order valence-corrected chi connectivity index (χ2v) is 19.0. The summed E-state index contributed by atoms with van der Waals surface area (Å²) in [7, 11) is 0. The molecule has 10 N–H and O–H groups in total. The number of aliphatic hydroxyl groups is 6. The van der Waals surface area contributed by atoms with Crippen LogP contribution < -0.4 is 9.64 Å². The summed E-state index contributed by atoms with van der Waals surface area (Å²) < 4.78 is 11.1. The highest BCUT2D eigenvalue weighted by molar-refractivity contribution is 6.32. The zero-order chi connectivity index (χ0) is 47.5. The number of anilines is 1. The molecule has 3 aromatic rings. The van der Waals surface area contributed by atoms with Crippen LogP contribution in [0.25, 0.3) is 6.08 Å². The summed E-state index contributed by atoms with van der Waals surface area (Å²) in [6.45, 7) is -0.632. The molecule has 1 amide bonds. The predicted octanol–water partition coefficient (Wildman–Crippen LogP) is 3.84. The highest BCUT2D eigenvalue weighted by Gasteiger charge is 2.68. The van der Waals surface area contributed by atoms with Crippen molar-refractivity contribution in [1.29, 1.82) is 0 Å². The number of nitrogens with zero attached hydrogens (tertiary/aromatic N) is 3. The molecule has 356 valence electrons. The van der Waals surface area contributed by atoms with Gasteiger partial charge in [0.05, 0.1) is 23.6 Å². The molecule has 3 heterocycles. The smallest absolute Gasteiger partial charge is 0.355 e. The Morgan fingerprint density at radius 2 is 1.60 bits per heavy atom. The third kappa shape index (κ3) is 7.99. The molecule has 8 atom stereocenters. The lowest BCUT2D eigenvalue weighted by Crippen LogP contribution is -2.67. The molecule has 9 rings (SSSR count). The van der Waals surface area contributed by atoms with Crippen LogP contribution in [0.5, 0.6) is 23.0 Å². The summed E-state index contributed by atoms with van der Waals surface area (Å²) in [5.74, 6) is -8.49. The number of fused-ring (bicyclic) bond motifs is 3. The molecular weight excluding hydrogens is 867 g/mol. The van der Waals surface area contributed by atoms with Crippen LogP contribution in [0, 0.1) is 5.92 Å². The molecule has 17 nitrogen and oxygen atoms in total. The fourth-order valence-electron chi connectivity index (χ4n) is 11.9. The van der Waals surface area contributed by atoms with E-state index in [4.69, 9.17) is 9.47 Å². The van der Waals surface area contributed by atoms with Gasteiger partial charge in [0, 0.05) is 47.2 Å². The number of para-hydroxylation sites is 1. The highest BCUT2D eigenvalue weighted by atomic mass is 16.8. The number of aromatic hydroxyl groups is 3. The Hall–Kier alpha value is -5.66. The number of benzene rings is 3. The van der Waals surface area contributed by atoms with Gasteiger partial charge in [0.15, 0.2) is 23.1 Å². The summed E-state index contributed by atoms with van der Waals surface area (Å²) in [6.07, 6.45) is 5.17. The van der Waals surface area contributed by atoms with Crippen molar-refractivity contribution in [3.8, 4) is 23.0 Å². The summed E-state index contributed by atoms with van der Waals surface area (Å²) in [5, 5.41) is 111. The van der Waals surface area contributed by atoms with E-state index >= 15 is 4.79 Å². The Balaban J connectivity index is 1.22. The molecule has 0 radical (unpaired) electrons. The minimum atomic E-state index is -3.18. The average molecular weight is 924 g/mol. The summed E-state index contributed by atoms with van der Waals surface area (Å²) in [6, 6.07) is 14.1. The monoisotopic (exact) mass is 923 g/mol. The summed E-state index contributed by atoms with van der Waals surface area (Å²) in [4.78, 5) is 39.3. The standard InChI is InChI=1S/C50H57N3O14/c54-26-39-43(59)44(60)45(61)50(65,67-39)66-38-23-34-32(22-37(38)57)42-41(48(17-4-1-5-18-48)33-8-2-3-9-36(33)56)29(14-19-47(64)15-6-7-16-47)24-49(42,46(62)63)53(34)40(58)13-11-28-10-12-35(55)30(20-28)21-31-25-51-27-52-31/h2-3,8-13,20,22-25,39,41-45,54-57,59-61,64-65H,1,4-7,14-19,21,26-27H2,(H,62,63). The largest absolute Gasteiger partial charge is 0.508 e. The number of aliphatic imine (C=N–C) groups is 2. The fraction of sp³-hybridized carbons (Fsp3) is 0.480. The van der Waals surface area contributed by atoms with Gasteiger partial charge in [-0.05, 0) is 92.0 Å². The molecule has 17 heteroatoms. The van der Waals surface area contributed by atoms with Gasteiger partial charge in [-0.3, -0.25) is 19.7 Å². The van der Waals surface area contributed by atoms with Crippen molar-refractivity contribution >= 4 is 35.6 Å². The molecule has 6 aliphatic rings. The predicted molar refractivity (Wildman–Crippen MR) is 243 cm³/mol. The second kappa shape index (κ2) is 17.8. The number of carbonyl (C=O) groups excluding carboxylic acids is 1. The first-order chi connectivity index (χ1) is 32.0. The highest BCUT2D eigenvalue weighted by Crippen LogP contribution is 2.67. The molecule has 67 heavy (non-hydrogen) atoms. The zero-order valence-corrected chi connectivity index (χ0v) is 36.8. The van der Waals surface area contributed by atoms with E-state index in [1.165, 1.54) is 24.3 Å². The molecule has 0 spiro atoms. The third-order valence-corrected chi connectivity index (χ3v) is 15.1. The van der Waals surface area contributed by atoms with E-state index in [1.54, 1.807) is 36.6 Å². The van der Waals surface area contributed by atoms with E-state index in [1.807, 2.05) is 12.1 Å². The minimum Gasteiger partial charge on any atom is -0.508 e. The van der Waals surface area contributed by atoms with Crippen molar-refractivity contribution in [1.82, 2.24) is 0 Å². The Morgan fingerprint density at radius 1 is 0.866 bits per heavy atom. The lowest BCUT2D eigenvalue weighted by Gasteiger charge is -2.48. The number of carboxylic acid groups (broad SMARTS) is 1. The van der Waals surface area contributed by atoms with Crippen molar-refractivity contribution in [2.24, 2.45) is 15.9 Å². The van der Waals surface area contributed by atoms with Gasteiger partial charge >= 0.3 is 11.9 Å². The second-order valence-electron chi connectivity index (χ2n) is 19.0. The molecule has 1 saturated heterocycles. The van der Waals surface area contributed by atoms with Gasteiger partial charge in [-0.15, -0.1) is 0 Å². The molecule has 3 aliphatic carbocycles. The quantitative estimate of drug-likeness (QED) is 0.0663. The van der Waals surface area contributed by atoms with Gasteiger partial charge in [0.25, 0.3) is 5.91 Å². The molecule has 8 unspecified atom stereocenters. The first kappa shape index (κ1) is 46.5.